The highest BCUT2D eigenvalue weighted by Gasteiger charge is 2.60. The fraction of sp³-hybridized carbons (Fsp3) is 0.444. The molecule has 0 saturated carbocycles. The van der Waals surface area contributed by atoms with Crippen LogP contribution in [0.5, 0.6) is 0 Å². The number of benzene rings is 2. The first-order valence-electron chi connectivity index (χ1n) is 12.2. The second-order valence-corrected chi connectivity index (χ2v) is 15.9. The van der Waals surface area contributed by atoms with Crippen molar-refractivity contribution in [1.82, 2.24) is 10.0 Å². The van der Waals surface area contributed by atoms with E-state index < -0.39 is 44.0 Å². The molecule has 9 heteroatoms. The van der Waals surface area contributed by atoms with Gasteiger partial charge in [0.05, 0.1) is 13.0 Å². The van der Waals surface area contributed by atoms with Crippen molar-refractivity contribution in [2.75, 3.05) is 6.61 Å². The minimum absolute atomic E-state index is 0.0181. The number of nitrogens with zero attached hydrogens (tertiary/aromatic N) is 1. The molecule has 1 unspecified atom stereocenters. The minimum atomic E-state index is -2.06. The summed E-state index contributed by atoms with van der Waals surface area (Å²) in [4.78, 5) is 48.8. The molecule has 2 aromatic carbocycles. The molecule has 2 aromatic rings. The van der Waals surface area contributed by atoms with E-state index in [0.717, 1.165) is 16.2 Å². The summed E-state index contributed by atoms with van der Waals surface area (Å²) >= 11 is 0. The number of rotatable bonds is 7. The van der Waals surface area contributed by atoms with Crippen LogP contribution in [0, 0.1) is 0 Å². The zero-order chi connectivity index (χ0) is 26.1. The lowest BCUT2D eigenvalue weighted by Gasteiger charge is -2.39. The first-order chi connectivity index (χ1) is 16.9. The van der Waals surface area contributed by atoms with Crippen molar-refractivity contribution in [3.63, 3.8) is 0 Å². The van der Waals surface area contributed by atoms with Crippen molar-refractivity contribution in [3.8, 4) is 0 Å². The third-order valence-electron chi connectivity index (χ3n) is 7.31. The predicted octanol–water partition coefficient (Wildman–Crippen LogP) is 4.09. The minimum Gasteiger partial charge on any atom is -0.448 e. The number of nitrogens with one attached hydrogen (secondary N) is 1. The summed E-state index contributed by atoms with van der Waals surface area (Å²) in [7, 11) is -2.06. The Bertz CT molecular complexity index is 1080. The predicted molar refractivity (Wildman–Crippen MR) is 136 cm³/mol. The summed E-state index contributed by atoms with van der Waals surface area (Å²) in [6.45, 7) is 10.7. The summed E-state index contributed by atoms with van der Waals surface area (Å²) in [5, 5.41) is 0.911. The Hall–Kier alpha value is -3.01. The van der Waals surface area contributed by atoms with Gasteiger partial charge in [-0.05, 0) is 16.2 Å². The molecule has 2 fully saturated rings. The Morgan fingerprint density at radius 2 is 1.61 bits per heavy atom. The van der Waals surface area contributed by atoms with Crippen molar-refractivity contribution < 1.29 is 28.7 Å². The van der Waals surface area contributed by atoms with E-state index >= 15 is 0 Å². The molecule has 2 heterocycles. The second-order valence-electron chi connectivity index (χ2n) is 10.9. The third-order valence-corrected chi connectivity index (χ3v) is 12.1. The number of cyclic esters (lactones) is 1. The lowest BCUT2D eigenvalue weighted by atomic mass is 10.0. The van der Waals surface area contributed by atoms with Crippen LogP contribution in [0.15, 0.2) is 60.7 Å². The monoisotopic (exact) mass is 510 g/mol. The summed E-state index contributed by atoms with van der Waals surface area (Å²) < 4.78 is 11.5. The van der Waals surface area contributed by atoms with Crippen LogP contribution in [0.4, 0.5) is 0 Å². The van der Waals surface area contributed by atoms with E-state index in [1.807, 2.05) is 60.7 Å². The lowest BCUT2D eigenvalue weighted by Crippen LogP contribution is -2.61. The summed E-state index contributed by atoms with van der Waals surface area (Å²) in [5.41, 5.74) is -0.467. The number of hydrogen-bond donors (Lipinski definition) is 1. The molecular formula is C27H34N2O6Si. The average Bonchev–Trinajstić information content (AvgIpc) is 3.41. The van der Waals surface area contributed by atoms with Crippen molar-refractivity contribution in [2.45, 2.75) is 69.6 Å². The molecule has 192 valence electrons. The summed E-state index contributed by atoms with van der Waals surface area (Å²) in [5.74, 6) is -1.87. The van der Waals surface area contributed by atoms with Gasteiger partial charge in [0.15, 0.2) is 6.10 Å². The van der Waals surface area contributed by atoms with Crippen LogP contribution in [0.1, 0.15) is 50.8 Å². The topological polar surface area (TPSA) is 94.2 Å². The van der Waals surface area contributed by atoms with Crippen molar-refractivity contribution in [3.05, 3.63) is 71.8 Å². The van der Waals surface area contributed by atoms with Crippen LogP contribution in [0.3, 0.4) is 0 Å². The molecule has 2 atom stereocenters. The van der Waals surface area contributed by atoms with Gasteiger partial charge in [-0.1, -0.05) is 94.5 Å². The first-order valence-corrected chi connectivity index (χ1v) is 15.2. The van der Waals surface area contributed by atoms with Crippen LogP contribution in [-0.4, -0.2) is 49.5 Å². The molecule has 36 heavy (non-hydrogen) atoms. The van der Waals surface area contributed by atoms with Crippen molar-refractivity contribution in [1.29, 1.82) is 0 Å². The van der Waals surface area contributed by atoms with E-state index in [0.29, 0.717) is 0 Å². The Labute approximate surface area is 213 Å². The van der Waals surface area contributed by atoms with Crippen LogP contribution < -0.4 is 4.98 Å². The number of esters is 2. The molecule has 2 saturated heterocycles. The largest absolute Gasteiger partial charge is 0.448 e. The molecular weight excluding hydrogens is 476 g/mol. The number of carbonyl (C=O) groups excluding carboxylic acids is 3. The van der Waals surface area contributed by atoms with E-state index in [4.69, 9.17) is 14.3 Å². The quantitative estimate of drug-likeness (QED) is 0.443. The molecule has 2 aliphatic rings. The fourth-order valence-electron chi connectivity index (χ4n) is 4.18. The highest BCUT2D eigenvalue weighted by Crippen LogP contribution is 2.39. The Kier molecular flexibility index (Phi) is 7.09. The normalized spacial score (nSPS) is 22.7. The van der Waals surface area contributed by atoms with Crippen LogP contribution >= 0.6 is 0 Å². The lowest BCUT2D eigenvalue weighted by molar-refractivity contribution is -0.260. The molecule has 2 aliphatic heterocycles. The smallest absolute Gasteiger partial charge is 0.376 e. The molecule has 1 amide bonds. The SMILES string of the molecule is CC(C)(C)[Si](C)(C)N[C@H]1CON(C2(C(=O)OC(c3ccccc3)c3ccccc3)CCC(=O)O2)C1=O. The average molecular weight is 511 g/mol. The Balaban J connectivity index is 1.62. The van der Waals surface area contributed by atoms with E-state index in [-0.39, 0.29) is 24.5 Å². The van der Waals surface area contributed by atoms with Gasteiger partial charge >= 0.3 is 17.7 Å². The number of amides is 1. The second kappa shape index (κ2) is 9.80. The van der Waals surface area contributed by atoms with Gasteiger partial charge in [-0.3, -0.25) is 14.4 Å². The van der Waals surface area contributed by atoms with Gasteiger partial charge < -0.3 is 14.5 Å². The fourth-order valence-corrected chi connectivity index (χ4v) is 5.69. The molecule has 1 N–H and O–H groups in total. The summed E-state index contributed by atoms with van der Waals surface area (Å²) in [6, 6.07) is 18.0. The Morgan fingerprint density at radius 3 is 2.08 bits per heavy atom. The van der Waals surface area contributed by atoms with Crippen LogP contribution in [-0.2, 0) is 28.7 Å². The molecule has 8 nitrogen and oxygen atoms in total. The van der Waals surface area contributed by atoms with Gasteiger partial charge in [0.2, 0.25) is 0 Å². The third kappa shape index (κ3) is 4.96. The molecule has 0 spiro atoms. The molecule has 0 bridgehead atoms. The zero-order valence-electron chi connectivity index (χ0n) is 21.4. The van der Waals surface area contributed by atoms with Gasteiger partial charge in [-0.25, -0.2) is 4.79 Å². The summed E-state index contributed by atoms with van der Waals surface area (Å²) in [6.07, 6.45) is -0.821. The molecule has 0 aromatic heterocycles. The maximum atomic E-state index is 13.8. The highest BCUT2D eigenvalue weighted by molar-refractivity contribution is 6.78. The van der Waals surface area contributed by atoms with E-state index in [2.05, 4.69) is 38.8 Å². The van der Waals surface area contributed by atoms with Gasteiger partial charge in [0.1, 0.15) is 14.3 Å². The first kappa shape index (κ1) is 26.1. The molecule has 4 rings (SSSR count). The van der Waals surface area contributed by atoms with E-state index in [1.165, 1.54) is 0 Å². The van der Waals surface area contributed by atoms with E-state index in [1.54, 1.807) is 0 Å². The van der Waals surface area contributed by atoms with Gasteiger partial charge in [-0.2, -0.15) is 5.06 Å². The zero-order valence-corrected chi connectivity index (χ0v) is 22.4. The Morgan fingerprint density at radius 1 is 1.06 bits per heavy atom. The van der Waals surface area contributed by atoms with Gasteiger partial charge in [-0.15, -0.1) is 0 Å². The van der Waals surface area contributed by atoms with Gasteiger partial charge in [0.25, 0.3) is 5.91 Å². The maximum Gasteiger partial charge on any atom is 0.376 e. The van der Waals surface area contributed by atoms with Gasteiger partial charge in [0, 0.05) is 6.42 Å². The van der Waals surface area contributed by atoms with Crippen LogP contribution in [0.25, 0.3) is 0 Å². The van der Waals surface area contributed by atoms with Crippen molar-refractivity contribution in [2.24, 2.45) is 0 Å². The number of hydroxylamine groups is 2. The standard InChI is InChI=1S/C27H34N2O6Si/c1-26(2,3)36(4,5)28-21-18-33-29(24(21)31)27(17-16-22(30)35-27)25(32)34-23(19-12-8-6-9-13-19)20-14-10-7-11-15-20/h6-15,21,23,28H,16-18H2,1-5H3/t21-,27?/m0/s1. The number of ether oxygens (including phenoxy) is 2. The van der Waals surface area contributed by atoms with E-state index in [9.17, 15) is 14.4 Å². The molecule has 0 radical (unpaired) electrons. The number of carbonyl (C=O) groups is 3. The van der Waals surface area contributed by atoms with Crippen molar-refractivity contribution >= 4 is 26.1 Å². The maximum absolute atomic E-state index is 13.8. The molecule has 0 aliphatic carbocycles. The van der Waals surface area contributed by atoms with Crippen LogP contribution in [0.2, 0.25) is 18.1 Å². The number of hydrogen-bond acceptors (Lipinski definition) is 7. The highest BCUT2D eigenvalue weighted by atomic mass is 28.3.